The average Bonchev–Trinajstić information content (AvgIpc) is 3.24. The predicted octanol–water partition coefficient (Wildman–Crippen LogP) is 3.62. The van der Waals surface area contributed by atoms with Gasteiger partial charge in [-0.2, -0.15) is 0 Å². The maximum atomic E-state index is 12.1. The Kier molecular flexibility index (Phi) is 4.49. The van der Waals surface area contributed by atoms with E-state index in [2.05, 4.69) is 15.6 Å². The number of oxazole rings is 1. The van der Waals surface area contributed by atoms with E-state index in [1.807, 2.05) is 26.0 Å². The Morgan fingerprint density at radius 3 is 2.88 bits per heavy atom. The molecule has 0 saturated heterocycles. The van der Waals surface area contributed by atoms with Gasteiger partial charge in [0.15, 0.2) is 11.5 Å². The molecule has 0 aliphatic heterocycles. The van der Waals surface area contributed by atoms with Crippen LogP contribution >= 0.6 is 0 Å². The summed E-state index contributed by atoms with van der Waals surface area (Å²) in [6.07, 6.45) is 2.52. The van der Waals surface area contributed by atoms with Crippen molar-refractivity contribution in [1.82, 2.24) is 10.3 Å². The van der Waals surface area contributed by atoms with Crippen molar-refractivity contribution in [3.63, 3.8) is 0 Å². The van der Waals surface area contributed by atoms with Gasteiger partial charge in [-0.15, -0.1) is 0 Å². The van der Waals surface area contributed by atoms with Gasteiger partial charge >= 0.3 is 6.03 Å². The Morgan fingerprint density at radius 2 is 2.21 bits per heavy atom. The Balaban J connectivity index is 1.58. The number of carbonyl (C=O) groups is 1. The molecule has 6 heteroatoms. The summed E-state index contributed by atoms with van der Waals surface area (Å²) >= 11 is 0. The zero-order chi connectivity index (χ0) is 17.3. The van der Waals surface area contributed by atoms with Crippen LogP contribution in [0, 0.1) is 5.41 Å². The van der Waals surface area contributed by atoms with Gasteiger partial charge in [-0.05, 0) is 43.7 Å². The Labute approximate surface area is 141 Å². The molecular formula is C18H25N3O3. The number of urea groups is 1. The van der Waals surface area contributed by atoms with E-state index >= 15 is 0 Å². The van der Waals surface area contributed by atoms with E-state index in [0.717, 1.165) is 24.2 Å². The number of amides is 2. The number of carbonyl (C=O) groups excluding carboxylic acids is 1. The number of aliphatic hydroxyl groups is 1. The molecule has 24 heavy (non-hydrogen) atoms. The van der Waals surface area contributed by atoms with Crippen molar-refractivity contribution >= 4 is 22.8 Å². The lowest BCUT2D eigenvalue weighted by atomic mass is 9.87. The summed E-state index contributed by atoms with van der Waals surface area (Å²) < 4.78 is 5.76. The van der Waals surface area contributed by atoms with Crippen molar-refractivity contribution in [2.45, 2.75) is 52.1 Å². The maximum Gasteiger partial charge on any atom is 0.319 e. The second-order valence-corrected chi connectivity index (χ2v) is 7.53. The Morgan fingerprint density at radius 1 is 1.46 bits per heavy atom. The lowest BCUT2D eigenvalue weighted by molar-refractivity contribution is 0.129. The van der Waals surface area contributed by atoms with Crippen LogP contribution in [0.25, 0.3) is 11.1 Å². The number of aliphatic hydroxyl groups excluding tert-OH is 1. The summed E-state index contributed by atoms with van der Waals surface area (Å²) in [5, 5.41) is 15.2. The highest BCUT2D eigenvalue weighted by atomic mass is 16.3. The van der Waals surface area contributed by atoms with E-state index < -0.39 is 0 Å². The van der Waals surface area contributed by atoms with Crippen LogP contribution in [0.3, 0.4) is 0 Å². The highest BCUT2D eigenvalue weighted by Crippen LogP contribution is 2.40. The maximum absolute atomic E-state index is 12.1. The summed E-state index contributed by atoms with van der Waals surface area (Å²) in [6, 6.07) is 5.21. The molecule has 0 bridgehead atoms. The van der Waals surface area contributed by atoms with Gasteiger partial charge in [-0.1, -0.05) is 13.8 Å². The quantitative estimate of drug-likeness (QED) is 0.754. The minimum atomic E-state index is -0.389. The van der Waals surface area contributed by atoms with Gasteiger partial charge in [0, 0.05) is 24.2 Å². The minimum absolute atomic E-state index is 0.167. The molecule has 1 unspecified atom stereocenters. The molecule has 1 aliphatic carbocycles. The Bertz CT molecular complexity index is 732. The molecule has 1 aromatic carbocycles. The lowest BCUT2D eigenvalue weighted by Gasteiger charge is -2.26. The number of rotatable bonds is 6. The standard InChI is InChI=1S/C18H25N3O3/c1-11(22)9-18(2,3)10-19-17(23)20-13-6-7-14-15(8-13)24-16(21-14)12-4-5-12/h6-8,11-12,22H,4-5,9-10H2,1-3H3,(H2,19,20,23). The van der Waals surface area contributed by atoms with Crippen LogP contribution in [0.1, 0.15) is 51.8 Å². The van der Waals surface area contributed by atoms with Crippen LogP contribution in [-0.2, 0) is 0 Å². The molecule has 1 heterocycles. The van der Waals surface area contributed by atoms with Crippen LogP contribution in [0.15, 0.2) is 22.6 Å². The first-order valence-corrected chi connectivity index (χ1v) is 8.46. The second kappa shape index (κ2) is 6.43. The van der Waals surface area contributed by atoms with Crippen molar-refractivity contribution in [1.29, 1.82) is 0 Å². The van der Waals surface area contributed by atoms with Crippen molar-refractivity contribution < 1.29 is 14.3 Å². The smallest absolute Gasteiger partial charge is 0.319 e. The molecule has 1 saturated carbocycles. The van der Waals surface area contributed by atoms with Crippen LogP contribution in [-0.4, -0.2) is 28.8 Å². The van der Waals surface area contributed by atoms with E-state index in [-0.39, 0.29) is 17.6 Å². The van der Waals surface area contributed by atoms with Crippen molar-refractivity contribution in [3.05, 3.63) is 24.1 Å². The number of hydrogen-bond acceptors (Lipinski definition) is 4. The minimum Gasteiger partial charge on any atom is -0.440 e. The monoisotopic (exact) mass is 331 g/mol. The fourth-order valence-corrected chi connectivity index (χ4v) is 2.89. The molecule has 2 amide bonds. The zero-order valence-corrected chi connectivity index (χ0v) is 14.4. The number of hydrogen-bond donors (Lipinski definition) is 3. The molecule has 1 aromatic heterocycles. The number of benzene rings is 1. The summed E-state index contributed by atoms with van der Waals surface area (Å²) in [6.45, 7) is 6.27. The molecule has 1 fully saturated rings. The van der Waals surface area contributed by atoms with E-state index in [1.54, 1.807) is 13.0 Å². The first-order valence-electron chi connectivity index (χ1n) is 8.46. The van der Waals surface area contributed by atoms with E-state index in [0.29, 0.717) is 30.2 Å². The molecule has 1 aliphatic rings. The molecule has 3 rings (SSSR count). The van der Waals surface area contributed by atoms with Gasteiger partial charge in [-0.25, -0.2) is 9.78 Å². The number of fused-ring (bicyclic) bond motifs is 1. The van der Waals surface area contributed by atoms with E-state index in [9.17, 15) is 9.90 Å². The third-order valence-electron chi connectivity index (χ3n) is 4.16. The summed E-state index contributed by atoms with van der Waals surface area (Å²) in [7, 11) is 0. The van der Waals surface area contributed by atoms with Gasteiger partial charge in [-0.3, -0.25) is 0 Å². The molecule has 0 radical (unpaired) electrons. The number of nitrogens with zero attached hydrogens (tertiary/aromatic N) is 1. The molecule has 130 valence electrons. The number of aromatic nitrogens is 1. The van der Waals surface area contributed by atoms with Crippen LogP contribution in [0.4, 0.5) is 10.5 Å². The molecule has 1 atom stereocenters. The third kappa shape index (κ3) is 4.26. The predicted molar refractivity (Wildman–Crippen MR) is 93.1 cm³/mol. The molecule has 0 spiro atoms. The fourth-order valence-electron chi connectivity index (χ4n) is 2.89. The lowest BCUT2D eigenvalue weighted by Crippen LogP contribution is -2.38. The number of nitrogens with one attached hydrogen (secondary N) is 2. The first-order chi connectivity index (χ1) is 11.3. The molecule has 3 N–H and O–H groups in total. The van der Waals surface area contributed by atoms with Gasteiger partial charge in [0.05, 0.1) is 6.10 Å². The third-order valence-corrected chi connectivity index (χ3v) is 4.16. The van der Waals surface area contributed by atoms with Crippen LogP contribution < -0.4 is 10.6 Å². The zero-order valence-electron chi connectivity index (χ0n) is 14.4. The number of anilines is 1. The Hall–Kier alpha value is -2.08. The highest BCUT2D eigenvalue weighted by Gasteiger charge is 2.29. The largest absolute Gasteiger partial charge is 0.440 e. The summed E-state index contributed by atoms with van der Waals surface area (Å²) in [5.41, 5.74) is 2.02. The van der Waals surface area contributed by atoms with Crippen molar-refractivity contribution in [2.24, 2.45) is 5.41 Å². The van der Waals surface area contributed by atoms with Crippen molar-refractivity contribution in [3.8, 4) is 0 Å². The SMILES string of the molecule is CC(O)CC(C)(C)CNC(=O)Nc1ccc2nc(C3CC3)oc2c1. The normalized spacial score (nSPS) is 16.2. The molecule has 2 aromatic rings. The van der Waals surface area contributed by atoms with Gasteiger partial charge in [0.1, 0.15) is 5.52 Å². The topological polar surface area (TPSA) is 87.4 Å². The summed E-state index contributed by atoms with van der Waals surface area (Å²) in [5.74, 6) is 1.26. The van der Waals surface area contributed by atoms with Crippen molar-refractivity contribution in [2.75, 3.05) is 11.9 Å². The van der Waals surface area contributed by atoms with Crippen LogP contribution in [0.5, 0.6) is 0 Å². The van der Waals surface area contributed by atoms with Gasteiger partial charge in [0.2, 0.25) is 0 Å². The van der Waals surface area contributed by atoms with E-state index in [4.69, 9.17) is 4.42 Å². The average molecular weight is 331 g/mol. The van der Waals surface area contributed by atoms with E-state index in [1.165, 1.54) is 0 Å². The van der Waals surface area contributed by atoms with Gasteiger partial charge in [0.25, 0.3) is 0 Å². The highest BCUT2D eigenvalue weighted by molar-refractivity contribution is 5.91. The summed E-state index contributed by atoms with van der Waals surface area (Å²) in [4.78, 5) is 16.5. The second-order valence-electron chi connectivity index (χ2n) is 7.53. The van der Waals surface area contributed by atoms with Crippen LogP contribution in [0.2, 0.25) is 0 Å². The first kappa shape index (κ1) is 16.8. The molecular weight excluding hydrogens is 306 g/mol. The molecule has 6 nitrogen and oxygen atoms in total. The fraction of sp³-hybridized carbons (Fsp3) is 0.556. The van der Waals surface area contributed by atoms with Gasteiger partial charge < -0.3 is 20.2 Å².